The summed E-state index contributed by atoms with van der Waals surface area (Å²) in [5.41, 5.74) is 2.05. The van der Waals surface area contributed by atoms with Crippen LogP contribution < -0.4 is 4.74 Å². The molecule has 1 N–H and O–H groups in total. The summed E-state index contributed by atoms with van der Waals surface area (Å²) in [6.45, 7) is 3.71. The van der Waals surface area contributed by atoms with E-state index in [1.54, 1.807) is 14.0 Å². The van der Waals surface area contributed by atoms with Crippen molar-refractivity contribution in [1.82, 2.24) is 0 Å². The van der Waals surface area contributed by atoms with Crippen LogP contribution in [-0.2, 0) is 0 Å². The van der Waals surface area contributed by atoms with Gasteiger partial charge in [-0.05, 0) is 36.4 Å². The Labute approximate surface area is 108 Å². The van der Waals surface area contributed by atoms with Crippen molar-refractivity contribution in [3.05, 3.63) is 47.5 Å². The zero-order valence-electron chi connectivity index (χ0n) is 11.0. The van der Waals surface area contributed by atoms with Gasteiger partial charge >= 0.3 is 0 Å². The first-order valence-electron chi connectivity index (χ1n) is 6.05. The Balaban J connectivity index is 2.63. The van der Waals surface area contributed by atoms with Crippen molar-refractivity contribution in [2.24, 2.45) is 0 Å². The summed E-state index contributed by atoms with van der Waals surface area (Å²) >= 11 is 0. The number of aliphatic hydroxyl groups excluding tert-OH is 1. The van der Waals surface area contributed by atoms with Crippen LogP contribution in [0.2, 0.25) is 0 Å². The third kappa shape index (κ3) is 2.39. The van der Waals surface area contributed by atoms with Gasteiger partial charge in [-0.15, -0.1) is 0 Å². The molecule has 0 fully saturated rings. The number of benzene rings is 2. The lowest BCUT2D eigenvalue weighted by Gasteiger charge is -2.10. The molecule has 2 nitrogen and oxygen atoms in total. The molecule has 0 bridgehead atoms. The van der Waals surface area contributed by atoms with Gasteiger partial charge in [0, 0.05) is 5.39 Å². The second-order valence-electron chi connectivity index (χ2n) is 4.47. The van der Waals surface area contributed by atoms with E-state index in [0.29, 0.717) is 0 Å². The van der Waals surface area contributed by atoms with Crippen molar-refractivity contribution in [2.75, 3.05) is 7.11 Å². The fraction of sp³-hybridized carbons (Fsp3) is 0.250. The molecule has 1 atom stereocenters. The van der Waals surface area contributed by atoms with Gasteiger partial charge in [-0.3, -0.25) is 0 Å². The van der Waals surface area contributed by atoms with Crippen molar-refractivity contribution in [3.63, 3.8) is 0 Å². The largest absolute Gasteiger partial charge is 0.496 e. The fourth-order valence-electron chi connectivity index (χ4n) is 1.96. The molecule has 2 aromatic rings. The molecule has 0 aliphatic carbocycles. The van der Waals surface area contributed by atoms with Crippen molar-refractivity contribution in [1.29, 1.82) is 0 Å². The van der Waals surface area contributed by atoms with E-state index in [2.05, 4.69) is 6.07 Å². The standard InChI is InChI=1S/C16H18O2/c1-11(12(2)17)10-13-8-9-16(18-3)15-7-5-4-6-14(13)15/h4-10,12,17H,1-3H3/b11-10-. The lowest BCUT2D eigenvalue weighted by Crippen LogP contribution is -2.00. The van der Waals surface area contributed by atoms with E-state index in [1.165, 1.54) is 0 Å². The number of methoxy groups -OCH3 is 1. The molecule has 0 aromatic heterocycles. The minimum atomic E-state index is -0.425. The average molecular weight is 242 g/mol. The van der Waals surface area contributed by atoms with Gasteiger partial charge in [-0.2, -0.15) is 0 Å². The number of hydrogen-bond donors (Lipinski definition) is 1. The molecule has 2 aromatic carbocycles. The van der Waals surface area contributed by atoms with Crippen LogP contribution in [0.25, 0.3) is 16.8 Å². The van der Waals surface area contributed by atoms with Gasteiger partial charge in [-0.25, -0.2) is 0 Å². The Morgan fingerprint density at radius 1 is 1.17 bits per heavy atom. The van der Waals surface area contributed by atoms with E-state index in [4.69, 9.17) is 4.74 Å². The molecule has 0 heterocycles. The van der Waals surface area contributed by atoms with Gasteiger partial charge in [0.25, 0.3) is 0 Å². The Kier molecular flexibility index (Phi) is 3.68. The molecule has 1 unspecified atom stereocenters. The molecule has 0 saturated carbocycles. The third-order valence-electron chi connectivity index (χ3n) is 3.18. The van der Waals surface area contributed by atoms with E-state index >= 15 is 0 Å². The maximum absolute atomic E-state index is 9.56. The molecular weight excluding hydrogens is 224 g/mol. The van der Waals surface area contributed by atoms with Crippen LogP contribution in [0.4, 0.5) is 0 Å². The van der Waals surface area contributed by atoms with E-state index in [1.807, 2.05) is 43.3 Å². The molecule has 0 aliphatic heterocycles. The highest BCUT2D eigenvalue weighted by Crippen LogP contribution is 2.29. The van der Waals surface area contributed by atoms with Crippen LogP contribution in [0.1, 0.15) is 19.4 Å². The highest BCUT2D eigenvalue weighted by Gasteiger charge is 2.05. The first kappa shape index (κ1) is 12.7. The SMILES string of the molecule is COc1ccc(/C=C(/C)C(C)O)c2ccccc12. The predicted molar refractivity (Wildman–Crippen MR) is 75.8 cm³/mol. The second kappa shape index (κ2) is 5.23. The van der Waals surface area contributed by atoms with Crippen molar-refractivity contribution < 1.29 is 9.84 Å². The first-order valence-corrected chi connectivity index (χ1v) is 6.05. The lowest BCUT2D eigenvalue weighted by atomic mass is 10.0. The highest BCUT2D eigenvalue weighted by molar-refractivity contribution is 5.95. The zero-order valence-corrected chi connectivity index (χ0v) is 11.0. The number of aliphatic hydroxyl groups is 1. The van der Waals surface area contributed by atoms with Gasteiger partial charge in [0.15, 0.2) is 0 Å². The number of fused-ring (bicyclic) bond motifs is 1. The number of rotatable bonds is 3. The normalized spacial score (nSPS) is 13.7. The smallest absolute Gasteiger partial charge is 0.126 e. The number of ether oxygens (including phenoxy) is 1. The Morgan fingerprint density at radius 3 is 2.44 bits per heavy atom. The molecule has 0 radical (unpaired) electrons. The zero-order chi connectivity index (χ0) is 13.1. The summed E-state index contributed by atoms with van der Waals surface area (Å²) in [4.78, 5) is 0. The van der Waals surface area contributed by atoms with E-state index in [0.717, 1.165) is 27.7 Å². The summed E-state index contributed by atoms with van der Waals surface area (Å²) < 4.78 is 5.36. The van der Waals surface area contributed by atoms with Gasteiger partial charge in [0.1, 0.15) is 5.75 Å². The van der Waals surface area contributed by atoms with Crippen LogP contribution in [0, 0.1) is 0 Å². The van der Waals surface area contributed by atoms with Crippen LogP contribution >= 0.6 is 0 Å². The fourth-order valence-corrected chi connectivity index (χ4v) is 1.96. The molecule has 0 amide bonds. The van der Waals surface area contributed by atoms with Crippen LogP contribution in [0.3, 0.4) is 0 Å². The predicted octanol–water partition coefficient (Wildman–Crippen LogP) is 3.63. The summed E-state index contributed by atoms with van der Waals surface area (Å²) in [6.07, 6.45) is 1.60. The summed E-state index contributed by atoms with van der Waals surface area (Å²) in [6, 6.07) is 12.1. The lowest BCUT2D eigenvalue weighted by molar-refractivity contribution is 0.232. The Morgan fingerprint density at radius 2 is 1.83 bits per heavy atom. The monoisotopic (exact) mass is 242 g/mol. The van der Waals surface area contributed by atoms with Gasteiger partial charge in [-0.1, -0.05) is 36.4 Å². The molecule has 0 spiro atoms. The van der Waals surface area contributed by atoms with Crippen LogP contribution in [0.5, 0.6) is 5.75 Å². The van der Waals surface area contributed by atoms with Crippen molar-refractivity contribution >= 4 is 16.8 Å². The maximum Gasteiger partial charge on any atom is 0.126 e. The molecule has 0 saturated heterocycles. The first-order chi connectivity index (χ1) is 8.63. The minimum absolute atomic E-state index is 0.425. The van der Waals surface area contributed by atoms with Gasteiger partial charge in [0.2, 0.25) is 0 Å². The maximum atomic E-state index is 9.56. The minimum Gasteiger partial charge on any atom is -0.496 e. The molecule has 2 rings (SSSR count). The van der Waals surface area contributed by atoms with Crippen molar-refractivity contribution in [3.8, 4) is 5.75 Å². The summed E-state index contributed by atoms with van der Waals surface area (Å²) in [5, 5.41) is 11.8. The average Bonchev–Trinajstić information content (AvgIpc) is 2.39. The van der Waals surface area contributed by atoms with E-state index in [-0.39, 0.29) is 0 Å². The van der Waals surface area contributed by atoms with Crippen molar-refractivity contribution in [2.45, 2.75) is 20.0 Å². The number of hydrogen-bond acceptors (Lipinski definition) is 2. The van der Waals surface area contributed by atoms with Gasteiger partial charge < -0.3 is 9.84 Å². The van der Waals surface area contributed by atoms with Gasteiger partial charge in [0.05, 0.1) is 13.2 Å². The van der Waals surface area contributed by atoms with E-state index in [9.17, 15) is 5.11 Å². The van der Waals surface area contributed by atoms with Crippen LogP contribution in [0.15, 0.2) is 42.0 Å². The van der Waals surface area contributed by atoms with Crippen LogP contribution in [-0.4, -0.2) is 18.3 Å². The Bertz CT molecular complexity index is 583. The topological polar surface area (TPSA) is 29.5 Å². The molecular formula is C16H18O2. The third-order valence-corrected chi connectivity index (χ3v) is 3.18. The second-order valence-corrected chi connectivity index (χ2v) is 4.47. The quantitative estimate of drug-likeness (QED) is 0.890. The summed E-state index contributed by atoms with van der Waals surface area (Å²) in [5.74, 6) is 0.873. The molecule has 2 heteroatoms. The summed E-state index contributed by atoms with van der Waals surface area (Å²) in [7, 11) is 1.68. The molecule has 18 heavy (non-hydrogen) atoms. The molecule has 94 valence electrons. The van der Waals surface area contributed by atoms with E-state index < -0.39 is 6.10 Å². The highest BCUT2D eigenvalue weighted by atomic mass is 16.5. The Hall–Kier alpha value is -1.80. The molecule has 0 aliphatic rings.